The molecule has 1 aromatic heterocycles. The Kier molecular flexibility index (Phi) is 4.83. The summed E-state index contributed by atoms with van der Waals surface area (Å²) >= 11 is 0. The molecule has 1 saturated heterocycles. The van der Waals surface area contributed by atoms with Crippen LogP contribution >= 0.6 is 0 Å². The fourth-order valence-corrected chi connectivity index (χ4v) is 2.59. The van der Waals surface area contributed by atoms with Gasteiger partial charge in [-0.2, -0.15) is 0 Å². The van der Waals surface area contributed by atoms with E-state index >= 15 is 0 Å². The first-order chi connectivity index (χ1) is 11.2. The van der Waals surface area contributed by atoms with Gasteiger partial charge in [-0.1, -0.05) is 30.3 Å². The molecular formula is C17H21N5O. The average Bonchev–Trinajstić information content (AvgIpc) is 2.61. The quantitative estimate of drug-likeness (QED) is 0.868. The Morgan fingerprint density at radius 3 is 2.35 bits per heavy atom. The topological polar surface area (TPSA) is 52.6 Å². The van der Waals surface area contributed by atoms with Crippen molar-refractivity contribution >= 4 is 12.0 Å². The summed E-state index contributed by atoms with van der Waals surface area (Å²) in [4.78, 5) is 27.2. The van der Waals surface area contributed by atoms with Crippen LogP contribution < -0.4 is 4.90 Å². The summed E-state index contributed by atoms with van der Waals surface area (Å²) in [5.41, 5.74) is 1.06. The molecule has 1 aliphatic rings. The third-order valence-electron chi connectivity index (χ3n) is 3.98. The standard InChI is InChI=1S/C17H21N5O/c1-20-10-12-21(13-11-20)17(23)22(16-18-8-5-9-19-16)14-15-6-3-2-4-7-15/h2-9H,10-14H2,1H3. The van der Waals surface area contributed by atoms with E-state index in [1.807, 2.05) is 35.2 Å². The number of hydrogen-bond donors (Lipinski definition) is 0. The Morgan fingerprint density at radius 1 is 1.04 bits per heavy atom. The molecular weight excluding hydrogens is 290 g/mol. The van der Waals surface area contributed by atoms with Gasteiger partial charge >= 0.3 is 6.03 Å². The molecule has 2 heterocycles. The SMILES string of the molecule is CN1CCN(C(=O)N(Cc2ccccc2)c2ncccn2)CC1. The maximum Gasteiger partial charge on any atom is 0.327 e. The van der Waals surface area contributed by atoms with Crippen molar-refractivity contribution in [3.8, 4) is 0 Å². The zero-order valence-corrected chi connectivity index (χ0v) is 13.3. The number of urea groups is 1. The number of benzene rings is 1. The molecule has 6 heteroatoms. The second-order valence-electron chi connectivity index (χ2n) is 5.69. The van der Waals surface area contributed by atoms with Crippen molar-refractivity contribution < 1.29 is 4.79 Å². The lowest BCUT2D eigenvalue weighted by Crippen LogP contribution is -2.52. The Balaban J connectivity index is 1.81. The summed E-state index contributed by atoms with van der Waals surface area (Å²) in [7, 11) is 2.07. The molecule has 0 spiro atoms. The summed E-state index contributed by atoms with van der Waals surface area (Å²) in [5.74, 6) is 0.445. The van der Waals surface area contributed by atoms with E-state index in [-0.39, 0.29) is 6.03 Å². The predicted molar refractivity (Wildman–Crippen MR) is 89.1 cm³/mol. The van der Waals surface area contributed by atoms with Gasteiger partial charge in [0.25, 0.3) is 0 Å². The number of likely N-dealkylation sites (N-methyl/N-ethyl adjacent to an activating group) is 1. The first-order valence-electron chi connectivity index (χ1n) is 7.80. The zero-order chi connectivity index (χ0) is 16.1. The molecule has 6 nitrogen and oxygen atoms in total. The molecule has 23 heavy (non-hydrogen) atoms. The van der Waals surface area contributed by atoms with Gasteiger partial charge in [0.2, 0.25) is 5.95 Å². The molecule has 0 aliphatic carbocycles. The van der Waals surface area contributed by atoms with E-state index < -0.39 is 0 Å². The molecule has 1 aliphatic heterocycles. The van der Waals surface area contributed by atoms with Crippen LogP contribution in [0.5, 0.6) is 0 Å². The molecule has 1 fully saturated rings. The van der Waals surface area contributed by atoms with Crippen LogP contribution in [0, 0.1) is 0 Å². The van der Waals surface area contributed by atoms with Gasteiger partial charge in [-0.25, -0.2) is 14.8 Å². The number of nitrogens with zero attached hydrogens (tertiary/aromatic N) is 5. The van der Waals surface area contributed by atoms with Crippen molar-refractivity contribution in [2.24, 2.45) is 0 Å². The molecule has 2 aromatic rings. The molecule has 1 aromatic carbocycles. The van der Waals surface area contributed by atoms with Crippen LogP contribution in [0.2, 0.25) is 0 Å². The van der Waals surface area contributed by atoms with Crippen molar-refractivity contribution in [1.29, 1.82) is 0 Å². The number of aromatic nitrogens is 2. The minimum absolute atomic E-state index is 0.0341. The molecule has 0 saturated carbocycles. The van der Waals surface area contributed by atoms with Gasteiger partial charge < -0.3 is 9.80 Å². The summed E-state index contributed by atoms with van der Waals surface area (Å²) in [6, 6.07) is 11.6. The minimum atomic E-state index is -0.0341. The van der Waals surface area contributed by atoms with Crippen molar-refractivity contribution in [1.82, 2.24) is 19.8 Å². The van der Waals surface area contributed by atoms with Crippen molar-refractivity contribution in [2.75, 3.05) is 38.1 Å². The monoisotopic (exact) mass is 311 g/mol. The summed E-state index contributed by atoms with van der Waals surface area (Å²) in [6.45, 7) is 3.71. The highest BCUT2D eigenvalue weighted by Crippen LogP contribution is 2.15. The van der Waals surface area contributed by atoms with Crippen LogP contribution in [-0.4, -0.2) is 59.0 Å². The lowest BCUT2D eigenvalue weighted by Gasteiger charge is -2.35. The van der Waals surface area contributed by atoms with Crippen LogP contribution in [0.25, 0.3) is 0 Å². The van der Waals surface area contributed by atoms with Crippen LogP contribution in [-0.2, 0) is 6.54 Å². The third-order valence-corrected chi connectivity index (χ3v) is 3.98. The second-order valence-corrected chi connectivity index (χ2v) is 5.69. The molecule has 0 atom stereocenters. The van der Waals surface area contributed by atoms with Gasteiger partial charge in [-0.15, -0.1) is 0 Å². The maximum absolute atomic E-state index is 13.0. The van der Waals surface area contributed by atoms with Gasteiger partial charge in [0.1, 0.15) is 0 Å². The minimum Gasteiger partial charge on any atom is -0.322 e. The van der Waals surface area contributed by atoms with E-state index in [1.165, 1.54) is 0 Å². The molecule has 2 amide bonds. The van der Waals surface area contributed by atoms with Gasteiger partial charge in [-0.05, 0) is 18.7 Å². The van der Waals surface area contributed by atoms with E-state index in [9.17, 15) is 4.79 Å². The van der Waals surface area contributed by atoms with Crippen molar-refractivity contribution in [2.45, 2.75) is 6.54 Å². The fourth-order valence-electron chi connectivity index (χ4n) is 2.59. The number of amides is 2. The second kappa shape index (κ2) is 7.19. The lowest BCUT2D eigenvalue weighted by molar-refractivity contribution is 0.159. The highest BCUT2D eigenvalue weighted by Gasteiger charge is 2.26. The zero-order valence-electron chi connectivity index (χ0n) is 13.3. The molecule has 0 N–H and O–H groups in total. The number of carbonyl (C=O) groups is 1. The lowest BCUT2D eigenvalue weighted by atomic mass is 10.2. The van der Waals surface area contributed by atoms with Crippen molar-refractivity contribution in [3.63, 3.8) is 0 Å². The predicted octanol–water partition coefficient (Wildman–Crippen LogP) is 1.85. The van der Waals surface area contributed by atoms with Crippen molar-refractivity contribution in [3.05, 3.63) is 54.4 Å². The highest BCUT2D eigenvalue weighted by molar-refractivity contribution is 5.90. The van der Waals surface area contributed by atoms with Crippen LogP contribution in [0.1, 0.15) is 5.56 Å². The Labute approximate surface area is 136 Å². The van der Waals surface area contributed by atoms with Crippen LogP contribution in [0.15, 0.2) is 48.8 Å². The van der Waals surface area contributed by atoms with E-state index in [4.69, 9.17) is 0 Å². The van der Waals surface area contributed by atoms with E-state index in [0.29, 0.717) is 12.5 Å². The maximum atomic E-state index is 13.0. The number of piperazine rings is 1. The number of carbonyl (C=O) groups excluding carboxylic acids is 1. The van der Waals surface area contributed by atoms with Gasteiger partial charge in [-0.3, -0.25) is 4.90 Å². The molecule has 0 radical (unpaired) electrons. The first kappa shape index (κ1) is 15.4. The Bertz CT molecular complexity index is 626. The van der Waals surface area contributed by atoms with Gasteiger partial charge in [0.05, 0.1) is 6.54 Å². The number of hydrogen-bond acceptors (Lipinski definition) is 4. The average molecular weight is 311 g/mol. The van der Waals surface area contributed by atoms with Gasteiger partial charge in [0, 0.05) is 38.6 Å². The number of rotatable bonds is 3. The van der Waals surface area contributed by atoms with Crippen LogP contribution in [0.4, 0.5) is 10.7 Å². The summed E-state index contributed by atoms with van der Waals surface area (Å²) in [5, 5.41) is 0. The summed E-state index contributed by atoms with van der Waals surface area (Å²) < 4.78 is 0. The first-order valence-corrected chi connectivity index (χ1v) is 7.80. The van der Waals surface area contributed by atoms with E-state index in [2.05, 4.69) is 21.9 Å². The molecule has 0 unspecified atom stereocenters. The normalized spacial score (nSPS) is 15.4. The molecule has 0 bridgehead atoms. The highest BCUT2D eigenvalue weighted by atomic mass is 16.2. The third kappa shape index (κ3) is 3.84. The Morgan fingerprint density at radius 2 is 1.70 bits per heavy atom. The smallest absolute Gasteiger partial charge is 0.322 e. The van der Waals surface area contributed by atoms with E-state index in [1.54, 1.807) is 23.4 Å². The number of anilines is 1. The molecule has 120 valence electrons. The Hall–Kier alpha value is -2.47. The largest absolute Gasteiger partial charge is 0.327 e. The fraction of sp³-hybridized carbons (Fsp3) is 0.353. The van der Waals surface area contributed by atoms with Crippen LogP contribution in [0.3, 0.4) is 0 Å². The van der Waals surface area contributed by atoms with Gasteiger partial charge in [0.15, 0.2) is 0 Å². The van der Waals surface area contributed by atoms with E-state index in [0.717, 1.165) is 31.7 Å². The molecule has 3 rings (SSSR count). The summed E-state index contributed by atoms with van der Waals surface area (Å²) in [6.07, 6.45) is 3.33.